The third kappa shape index (κ3) is 5.21. The average molecular weight is 367 g/mol. The van der Waals surface area contributed by atoms with Gasteiger partial charge in [0.1, 0.15) is 18.9 Å². The molecule has 140 valence electrons. The molecule has 1 atom stereocenters. The number of hydrogen-bond acceptors (Lipinski definition) is 5. The maximum Gasteiger partial charge on any atom is 0.232 e. The number of para-hydroxylation sites is 1. The number of hydrogen-bond donors (Lipinski definition) is 3. The highest BCUT2D eigenvalue weighted by atomic mass is 19.1. The lowest BCUT2D eigenvalue weighted by molar-refractivity contribution is -0.908. The lowest BCUT2D eigenvalue weighted by Gasteiger charge is -2.14. The van der Waals surface area contributed by atoms with Crippen molar-refractivity contribution in [3.63, 3.8) is 0 Å². The van der Waals surface area contributed by atoms with Crippen LogP contribution in [0.2, 0.25) is 0 Å². The first-order chi connectivity index (χ1) is 13.0. The van der Waals surface area contributed by atoms with Gasteiger partial charge in [0.25, 0.3) is 0 Å². The van der Waals surface area contributed by atoms with Crippen LogP contribution in [0.3, 0.4) is 0 Å². The molecule has 0 spiro atoms. The summed E-state index contributed by atoms with van der Waals surface area (Å²) in [6, 6.07) is 14.5. The molecule has 0 aliphatic rings. The standard InChI is InChI=1S/C20H23FN6/c1-3-15-6-4-5-7-17(15)23-20-25-18(24-19(22)26-20)13-27(2)12-14-8-10-16(21)11-9-14/h4-11H,3,12-13H2,1-2H3,(H3,22,23,24,25,26)/p+1. The van der Waals surface area contributed by atoms with E-state index < -0.39 is 0 Å². The monoisotopic (exact) mass is 367 g/mol. The van der Waals surface area contributed by atoms with Gasteiger partial charge in [-0.3, -0.25) is 0 Å². The highest BCUT2D eigenvalue weighted by Crippen LogP contribution is 2.19. The smallest absolute Gasteiger partial charge is 0.232 e. The minimum absolute atomic E-state index is 0.186. The number of anilines is 3. The zero-order valence-corrected chi connectivity index (χ0v) is 15.5. The van der Waals surface area contributed by atoms with Gasteiger partial charge in [-0.05, 0) is 30.2 Å². The summed E-state index contributed by atoms with van der Waals surface area (Å²) in [5.74, 6) is 1.00. The molecule has 27 heavy (non-hydrogen) atoms. The molecule has 0 amide bonds. The fourth-order valence-corrected chi connectivity index (χ4v) is 2.93. The molecule has 1 aromatic heterocycles. The fraction of sp³-hybridized carbons (Fsp3) is 0.250. The number of nitrogens with two attached hydrogens (primary N) is 1. The van der Waals surface area contributed by atoms with Gasteiger partial charge in [0, 0.05) is 11.3 Å². The summed E-state index contributed by atoms with van der Waals surface area (Å²) in [4.78, 5) is 14.1. The van der Waals surface area contributed by atoms with Crippen LogP contribution in [0.5, 0.6) is 0 Å². The molecule has 0 aliphatic heterocycles. The number of benzene rings is 2. The van der Waals surface area contributed by atoms with Crippen molar-refractivity contribution >= 4 is 17.6 Å². The maximum atomic E-state index is 13.0. The highest BCUT2D eigenvalue weighted by molar-refractivity contribution is 5.58. The number of nitrogens with one attached hydrogen (secondary N) is 2. The Balaban J connectivity index is 1.72. The van der Waals surface area contributed by atoms with Crippen molar-refractivity contribution in [3.8, 4) is 0 Å². The highest BCUT2D eigenvalue weighted by Gasteiger charge is 2.12. The minimum atomic E-state index is -0.232. The number of rotatable bonds is 7. The van der Waals surface area contributed by atoms with Crippen molar-refractivity contribution in [2.45, 2.75) is 26.4 Å². The van der Waals surface area contributed by atoms with Crippen LogP contribution in [0, 0.1) is 5.82 Å². The summed E-state index contributed by atoms with van der Waals surface area (Å²) in [6.45, 7) is 3.41. The molecule has 4 N–H and O–H groups in total. The van der Waals surface area contributed by atoms with Crippen LogP contribution in [0.1, 0.15) is 23.9 Å². The van der Waals surface area contributed by atoms with E-state index in [4.69, 9.17) is 5.73 Å². The number of halogens is 1. The van der Waals surface area contributed by atoms with Crippen molar-refractivity contribution in [3.05, 3.63) is 71.3 Å². The molecule has 2 aromatic carbocycles. The number of nitrogens with zero attached hydrogens (tertiary/aromatic N) is 3. The van der Waals surface area contributed by atoms with Gasteiger partial charge < -0.3 is 16.0 Å². The first kappa shape index (κ1) is 18.7. The van der Waals surface area contributed by atoms with E-state index in [0.29, 0.717) is 18.3 Å². The Labute approximate surface area is 158 Å². The lowest BCUT2D eigenvalue weighted by atomic mass is 10.1. The van der Waals surface area contributed by atoms with E-state index in [-0.39, 0.29) is 11.8 Å². The molecule has 1 heterocycles. The lowest BCUT2D eigenvalue weighted by Crippen LogP contribution is -3.06. The zero-order valence-electron chi connectivity index (χ0n) is 15.5. The third-order valence-electron chi connectivity index (χ3n) is 4.22. The third-order valence-corrected chi connectivity index (χ3v) is 4.22. The Morgan fingerprint density at radius 2 is 1.74 bits per heavy atom. The van der Waals surface area contributed by atoms with E-state index >= 15 is 0 Å². The number of quaternary nitrogens is 1. The quantitative estimate of drug-likeness (QED) is 0.596. The summed E-state index contributed by atoms with van der Waals surface area (Å²) in [5, 5.41) is 3.24. The molecule has 0 fully saturated rings. The normalized spacial score (nSPS) is 12.0. The van der Waals surface area contributed by atoms with Crippen molar-refractivity contribution in [1.29, 1.82) is 0 Å². The van der Waals surface area contributed by atoms with E-state index in [0.717, 1.165) is 29.1 Å². The second-order valence-corrected chi connectivity index (χ2v) is 6.51. The van der Waals surface area contributed by atoms with Gasteiger partial charge in [-0.2, -0.15) is 15.0 Å². The van der Waals surface area contributed by atoms with Crippen LogP contribution in [0.25, 0.3) is 0 Å². The fourth-order valence-electron chi connectivity index (χ4n) is 2.93. The van der Waals surface area contributed by atoms with Crippen molar-refractivity contribution in [1.82, 2.24) is 15.0 Å². The van der Waals surface area contributed by atoms with Gasteiger partial charge in [-0.1, -0.05) is 37.3 Å². The van der Waals surface area contributed by atoms with E-state index in [1.165, 1.54) is 17.7 Å². The van der Waals surface area contributed by atoms with Crippen LogP contribution >= 0.6 is 0 Å². The van der Waals surface area contributed by atoms with Gasteiger partial charge >= 0.3 is 0 Å². The predicted octanol–water partition coefficient (Wildman–Crippen LogP) is 2.11. The Morgan fingerprint density at radius 1 is 1.00 bits per heavy atom. The van der Waals surface area contributed by atoms with E-state index in [9.17, 15) is 4.39 Å². The Morgan fingerprint density at radius 3 is 2.48 bits per heavy atom. The van der Waals surface area contributed by atoms with Gasteiger partial charge in [-0.15, -0.1) is 0 Å². The molecule has 1 unspecified atom stereocenters. The molecule has 0 aliphatic carbocycles. The summed E-state index contributed by atoms with van der Waals surface area (Å²) >= 11 is 0. The molecular weight excluding hydrogens is 343 g/mol. The van der Waals surface area contributed by atoms with Gasteiger partial charge in [0.05, 0.1) is 7.05 Å². The van der Waals surface area contributed by atoms with Crippen molar-refractivity contribution in [2.24, 2.45) is 0 Å². The summed E-state index contributed by atoms with van der Waals surface area (Å²) in [5.41, 5.74) is 9.06. The molecular formula is C20H24FN6+. The topological polar surface area (TPSA) is 81.2 Å². The van der Waals surface area contributed by atoms with Crippen molar-refractivity contribution < 1.29 is 9.29 Å². The van der Waals surface area contributed by atoms with E-state index in [1.807, 2.05) is 25.2 Å². The maximum absolute atomic E-state index is 13.0. The van der Waals surface area contributed by atoms with Gasteiger partial charge in [0.15, 0.2) is 5.82 Å². The van der Waals surface area contributed by atoms with Crippen LogP contribution in [-0.2, 0) is 19.5 Å². The number of aromatic nitrogens is 3. The molecule has 6 nitrogen and oxygen atoms in total. The van der Waals surface area contributed by atoms with E-state index in [2.05, 4.69) is 33.3 Å². The van der Waals surface area contributed by atoms with Gasteiger partial charge in [-0.25, -0.2) is 4.39 Å². The Bertz CT molecular complexity index is 897. The average Bonchev–Trinajstić information content (AvgIpc) is 2.63. The van der Waals surface area contributed by atoms with Crippen LogP contribution < -0.4 is 16.0 Å². The SMILES string of the molecule is CCc1ccccc1Nc1nc(N)nc(C[NH+](C)Cc2ccc(F)cc2)n1. The predicted molar refractivity (Wildman–Crippen MR) is 104 cm³/mol. The Hall–Kier alpha value is -3.06. The largest absolute Gasteiger partial charge is 0.368 e. The number of nitrogen functional groups attached to an aromatic ring is 1. The molecule has 0 bridgehead atoms. The van der Waals surface area contributed by atoms with Gasteiger partial charge in [0.2, 0.25) is 11.9 Å². The van der Waals surface area contributed by atoms with Crippen LogP contribution in [-0.4, -0.2) is 22.0 Å². The van der Waals surface area contributed by atoms with Crippen LogP contribution in [0.4, 0.5) is 22.0 Å². The summed E-state index contributed by atoms with van der Waals surface area (Å²) < 4.78 is 13.0. The molecule has 7 heteroatoms. The second-order valence-electron chi connectivity index (χ2n) is 6.51. The number of aryl methyl sites for hydroxylation is 1. The molecule has 3 aromatic rings. The van der Waals surface area contributed by atoms with E-state index in [1.54, 1.807) is 12.1 Å². The van der Waals surface area contributed by atoms with Crippen LogP contribution in [0.15, 0.2) is 48.5 Å². The summed E-state index contributed by atoms with van der Waals surface area (Å²) in [6.07, 6.45) is 0.904. The minimum Gasteiger partial charge on any atom is -0.368 e. The molecule has 0 radical (unpaired) electrons. The molecule has 3 rings (SSSR count). The first-order valence-corrected chi connectivity index (χ1v) is 8.94. The molecule has 0 saturated carbocycles. The second kappa shape index (κ2) is 8.55. The zero-order chi connectivity index (χ0) is 19.2. The molecule has 0 saturated heterocycles. The summed E-state index contributed by atoms with van der Waals surface area (Å²) in [7, 11) is 2.03. The van der Waals surface area contributed by atoms with Crippen molar-refractivity contribution in [2.75, 3.05) is 18.1 Å². The first-order valence-electron chi connectivity index (χ1n) is 8.94. The Kier molecular flexibility index (Phi) is 5.93.